The highest BCUT2D eigenvalue weighted by Crippen LogP contribution is 2.46. The Bertz CT molecular complexity index is 1250. The van der Waals surface area contributed by atoms with Gasteiger partial charge in [0.05, 0.1) is 31.6 Å². The molecule has 33 heavy (non-hydrogen) atoms. The molecule has 6 heteroatoms. The average Bonchev–Trinajstić information content (AvgIpc) is 3.00. The van der Waals surface area contributed by atoms with Crippen LogP contribution in [-0.4, -0.2) is 20.0 Å². The van der Waals surface area contributed by atoms with Crippen LogP contribution in [0.3, 0.4) is 0 Å². The highest BCUT2D eigenvalue weighted by Gasteiger charge is 2.37. The number of ketones is 1. The van der Waals surface area contributed by atoms with E-state index >= 15 is 0 Å². The summed E-state index contributed by atoms with van der Waals surface area (Å²) in [4.78, 5) is 13.7. The molecule has 168 valence electrons. The number of carbonyl (C=O) groups excluding carboxylic acids is 1. The van der Waals surface area contributed by atoms with Crippen molar-refractivity contribution in [1.82, 2.24) is 0 Å². The number of fused-ring (bicyclic) bond motifs is 1. The van der Waals surface area contributed by atoms with Crippen LogP contribution in [-0.2, 0) is 4.79 Å². The van der Waals surface area contributed by atoms with Crippen molar-refractivity contribution < 1.29 is 14.3 Å². The summed E-state index contributed by atoms with van der Waals surface area (Å²) in [6, 6.07) is 21.1. The molecule has 1 aliphatic carbocycles. The van der Waals surface area contributed by atoms with Gasteiger partial charge in [-0.25, -0.2) is 0 Å². The van der Waals surface area contributed by atoms with Crippen molar-refractivity contribution in [3.8, 4) is 11.5 Å². The van der Waals surface area contributed by atoms with E-state index in [4.69, 9.17) is 21.1 Å². The standard InChI is InChI=1S/C27H25ClN2O3/c1-32-17-11-12-19(25(15-17)33-2)27-26-23(29-21-9-5-6-10-22(21)30-27)13-16(14-24(26)31)18-7-3-4-8-20(18)28/h3-12,15-16,27,29-30H,13-14H2,1-2H3. The van der Waals surface area contributed by atoms with E-state index in [9.17, 15) is 4.79 Å². The molecule has 0 saturated heterocycles. The van der Waals surface area contributed by atoms with Crippen LogP contribution in [0.1, 0.15) is 35.9 Å². The summed E-state index contributed by atoms with van der Waals surface area (Å²) >= 11 is 6.50. The van der Waals surface area contributed by atoms with Crippen LogP contribution < -0.4 is 20.1 Å². The molecule has 2 aliphatic rings. The lowest BCUT2D eigenvalue weighted by Crippen LogP contribution is -2.27. The SMILES string of the molecule is COc1ccc(C2Nc3ccccc3NC3=C2C(=O)CC(c2ccccc2Cl)C3)c(OC)c1. The molecular formula is C27H25ClN2O3. The quantitative estimate of drug-likeness (QED) is 0.476. The maximum atomic E-state index is 13.7. The van der Waals surface area contributed by atoms with Crippen LogP contribution in [0.15, 0.2) is 78.0 Å². The van der Waals surface area contributed by atoms with E-state index in [1.807, 2.05) is 66.7 Å². The van der Waals surface area contributed by atoms with Crippen LogP contribution in [0, 0.1) is 0 Å². The topological polar surface area (TPSA) is 59.6 Å². The number of hydrogen-bond acceptors (Lipinski definition) is 5. The van der Waals surface area contributed by atoms with Crippen LogP contribution in [0.2, 0.25) is 5.02 Å². The van der Waals surface area contributed by atoms with Gasteiger partial charge in [0.1, 0.15) is 11.5 Å². The maximum absolute atomic E-state index is 13.7. The fourth-order valence-corrected chi connectivity index (χ4v) is 5.10. The van der Waals surface area contributed by atoms with Crippen molar-refractivity contribution in [2.24, 2.45) is 0 Å². The highest BCUT2D eigenvalue weighted by molar-refractivity contribution is 6.31. The summed E-state index contributed by atoms with van der Waals surface area (Å²) in [6.45, 7) is 0. The molecule has 2 unspecified atom stereocenters. The predicted molar refractivity (Wildman–Crippen MR) is 131 cm³/mol. The van der Waals surface area contributed by atoms with Gasteiger partial charge < -0.3 is 20.1 Å². The van der Waals surface area contributed by atoms with Gasteiger partial charge in [-0.05, 0) is 48.2 Å². The van der Waals surface area contributed by atoms with Crippen molar-refractivity contribution in [3.05, 3.63) is 94.1 Å². The Morgan fingerprint density at radius 2 is 1.64 bits per heavy atom. The van der Waals surface area contributed by atoms with Crippen molar-refractivity contribution >= 4 is 28.8 Å². The van der Waals surface area contributed by atoms with Crippen LogP contribution in [0.5, 0.6) is 11.5 Å². The number of carbonyl (C=O) groups is 1. The fraction of sp³-hybridized carbons (Fsp3) is 0.222. The summed E-state index contributed by atoms with van der Waals surface area (Å²) in [5.74, 6) is 1.47. The number of halogens is 1. The molecule has 0 fully saturated rings. The van der Waals surface area contributed by atoms with Gasteiger partial charge in [0.15, 0.2) is 5.78 Å². The fourth-order valence-electron chi connectivity index (χ4n) is 4.81. The lowest BCUT2D eigenvalue weighted by molar-refractivity contribution is -0.116. The number of benzene rings is 3. The molecule has 0 aromatic heterocycles. The minimum atomic E-state index is -0.364. The van der Waals surface area contributed by atoms with E-state index < -0.39 is 0 Å². The van der Waals surface area contributed by atoms with Gasteiger partial charge in [-0.1, -0.05) is 41.9 Å². The molecule has 2 atom stereocenters. The van der Waals surface area contributed by atoms with E-state index in [1.54, 1.807) is 14.2 Å². The summed E-state index contributed by atoms with van der Waals surface area (Å²) < 4.78 is 11.1. The molecular weight excluding hydrogens is 436 g/mol. The number of allylic oxidation sites excluding steroid dienone is 1. The molecule has 0 radical (unpaired) electrons. The Morgan fingerprint density at radius 3 is 2.39 bits per heavy atom. The van der Waals surface area contributed by atoms with Crippen molar-refractivity contribution in [3.63, 3.8) is 0 Å². The first-order chi connectivity index (χ1) is 16.1. The average molecular weight is 461 g/mol. The third-order valence-corrected chi connectivity index (χ3v) is 6.75. The van der Waals surface area contributed by atoms with Crippen LogP contribution >= 0.6 is 11.6 Å². The second-order valence-electron chi connectivity index (χ2n) is 8.30. The van der Waals surface area contributed by atoms with E-state index in [-0.39, 0.29) is 17.7 Å². The molecule has 0 amide bonds. The molecule has 0 bridgehead atoms. The smallest absolute Gasteiger partial charge is 0.163 e. The number of para-hydroxylation sites is 2. The number of nitrogens with one attached hydrogen (secondary N) is 2. The zero-order valence-corrected chi connectivity index (χ0v) is 19.3. The van der Waals surface area contributed by atoms with Gasteiger partial charge in [-0.2, -0.15) is 0 Å². The number of ether oxygens (including phenoxy) is 2. The van der Waals surface area contributed by atoms with Crippen molar-refractivity contribution in [2.75, 3.05) is 24.9 Å². The van der Waals surface area contributed by atoms with Crippen molar-refractivity contribution in [2.45, 2.75) is 24.8 Å². The molecule has 3 aromatic carbocycles. The van der Waals surface area contributed by atoms with Crippen LogP contribution in [0.4, 0.5) is 11.4 Å². The van der Waals surface area contributed by atoms with Crippen molar-refractivity contribution in [1.29, 1.82) is 0 Å². The Labute approximate surface area is 198 Å². The third kappa shape index (κ3) is 3.93. The number of methoxy groups -OCH3 is 2. The normalized spacial score (nSPS) is 19.5. The van der Waals surface area contributed by atoms with Gasteiger partial charge in [0, 0.05) is 34.3 Å². The number of anilines is 2. The van der Waals surface area contributed by atoms with E-state index in [1.165, 1.54) is 0 Å². The minimum Gasteiger partial charge on any atom is -0.497 e. The van der Waals surface area contributed by atoms with Gasteiger partial charge in [0.25, 0.3) is 0 Å². The Morgan fingerprint density at radius 1 is 0.879 bits per heavy atom. The Hall–Kier alpha value is -3.44. The molecule has 0 spiro atoms. The third-order valence-electron chi connectivity index (χ3n) is 6.41. The van der Waals surface area contributed by atoms with Gasteiger partial charge in [0.2, 0.25) is 0 Å². The van der Waals surface area contributed by atoms with Crippen LogP contribution in [0.25, 0.3) is 0 Å². The second-order valence-corrected chi connectivity index (χ2v) is 8.71. The first-order valence-electron chi connectivity index (χ1n) is 10.9. The lowest BCUT2D eigenvalue weighted by atomic mass is 9.78. The monoisotopic (exact) mass is 460 g/mol. The number of rotatable bonds is 4. The van der Waals surface area contributed by atoms with Gasteiger partial charge in [-0.15, -0.1) is 0 Å². The molecule has 1 heterocycles. The Kier molecular flexibility index (Phi) is 5.73. The maximum Gasteiger partial charge on any atom is 0.163 e. The van der Waals surface area contributed by atoms with Gasteiger partial charge in [-0.3, -0.25) is 4.79 Å². The highest BCUT2D eigenvalue weighted by atomic mass is 35.5. The summed E-state index contributed by atoms with van der Waals surface area (Å²) in [6.07, 6.45) is 1.09. The Balaban J connectivity index is 1.64. The molecule has 5 rings (SSSR count). The summed E-state index contributed by atoms with van der Waals surface area (Å²) in [7, 11) is 3.26. The molecule has 5 nitrogen and oxygen atoms in total. The molecule has 2 N–H and O–H groups in total. The first-order valence-corrected chi connectivity index (χ1v) is 11.3. The first kappa shape index (κ1) is 21.4. The number of hydrogen-bond donors (Lipinski definition) is 2. The van der Waals surface area contributed by atoms with E-state index in [0.29, 0.717) is 29.4 Å². The summed E-state index contributed by atoms with van der Waals surface area (Å²) in [5.41, 5.74) is 5.40. The zero-order chi connectivity index (χ0) is 22.9. The molecule has 0 saturated carbocycles. The molecule has 3 aromatic rings. The predicted octanol–water partition coefficient (Wildman–Crippen LogP) is 6.34. The van der Waals surface area contributed by atoms with E-state index in [0.717, 1.165) is 33.8 Å². The number of Topliss-reactive ketones (excluding diaryl/α,β-unsaturated/α-hetero) is 1. The van der Waals surface area contributed by atoms with E-state index in [2.05, 4.69) is 10.6 Å². The zero-order valence-electron chi connectivity index (χ0n) is 18.5. The second kappa shape index (κ2) is 8.83. The minimum absolute atomic E-state index is 0.0149. The summed E-state index contributed by atoms with van der Waals surface area (Å²) in [5, 5.41) is 7.85. The largest absolute Gasteiger partial charge is 0.497 e. The lowest BCUT2D eigenvalue weighted by Gasteiger charge is -2.30. The molecule has 1 aliphatic heterocycles. The van der Waals surface area contributed by atoms with Gasteiger partial charge >= 0.3 is 0 Å².